The molecule has 1 aromatic heterocycles. The van der Waals surface area contributed by atoms with Crippen LogP contribution in [0.25, 0.3) is 0 Å². The number of carbonyl (C=O) groups excluding carboxylic acids is 2. The Kier molecular flexibility index (Phi) is 7.17. The minimum Gasteiger partial charge on any atom is -0.365 e. The van der Waals surface area contributed by atoms with E-state index in [1.807, 2.05) is 13.0 Å². The standard InChI is InChI=1S/C22H23ClN6O2/c1-13(24)11-26-22-27-12-18(20(25)31)21(29-22)28-17-7-3-5-15(10-17)19(30)9-14-4-2-6-16(23)8-14/h2-8,10,12-13H,9,11,24H2,1H3,(H2,25,31)(H2,26,27,28,29)/t13-/m0/s1. The minimum absolute atomic E-state index is 0.0666. The molecule has 0 aliphatic heterocycles. The SMILES string of the molecule is C[C@H](N)CNc1ncc(C(N)=O)c(Nc2cccc(C(=O)Cc3cccc(Cl)c3)c2)n1. The Morgan fingerprint density at radius 3 is 2.65 bits per heavy atom. The predicted octanol–water partition coefficient (Wildman–Crippen LogP) is 3.16. The van der Waals surface area contributed by atoms with Gasteiger partial charge in [-0.15, -0.1) is 0 Å². The number of benzene rings is 2. The lowest BCUT2D eigenvalue weighted by atomic mass is 10.0. The molecule has 0 saturated heterocycles. The Bertz CT molecular complexity index is 1100. The fraction of sp³-hybridized carbons (Fsp3) is 0.182. The van der Waals surface area contributed by atoms with E-state index < -0.39 is 5.91 Å². The molecule has 0 aliphatic rings. The molecule has 0 spiro atoms. The molecule has 1 amide bonds. The van der Waals surface area contributed by atoms with Crippen LogP contribution < -0.4 is 22.1 Å². The van der Waals surface area contributed by atoms with Crippen LogP contribution in [-0.2, 0) is 6.42 Å². The van der Waals surface area contributed by atoms with Crippen LogP contribution in [0.1, 0.15) is 33.2 Å². The molecule has 0 fully saturated rings. The van der Waals surface area contributed by atoms with Crippen molar-refractivity contribution < 1.29 is 9.59 Å². The summed E-state index contributed by atoms with van der Waals surface area (Å²) in [7, 11) is 0. The number of primary amides is 1. The molecule has 9 heteroatoms. The van der Waals surface area contributed by atoms with E-state index in [0.29, 0.717) is 28.8 Å². The highest BCUT2D eigenvalue weighted by Gasteiger charge is 2.14. The maximum absolute atomic E-state index is 12.7. The van der Waals surface area contributed by atoms with E-state index in [4.69, 9.17) is 23.1 Å². The summed E-state index contributed by atoms with van der Waals surface area (Å²) in [6.07, 6.45) is 1.56. The Labute approximate surface area is 185 Å². The van der Waals surface area contributed by atoms with Crippen LogP contribution in [0.5, 0.6) is 0 Å². The number of amides is 1. The summed E-state index contributed by atoms with van der Waals surface area (Å²) in [5, 5.41) is 6.63. The lowest BCUT2D eigenvalue weighted by Crippen LogP contribution is -2.26. The number of nitrogens with one attached hydrogen (secondary N) is 2. The molecule has 0 saturated carbocycles. The second-order valence-corrected chi connectivity index (χ2v) is 7.55. The van der Waals surface area contributed by atoms with Crippen molar-refractivity contribution in [2.45, 2.75) is 19.4 Å². The quantitative estimate of drug-likeness (QED) is 0.376. The zero-order valence-electron chi connectivity index (χ0n) is 16.9. The van der Waals surface area contributed by atoms with Gasteiger partial charge >= 0.3 is 0 Å². The zero-order valence-corrected chi connectivity index (χ0v) is 17.7. The molecule has 2 aromatic carbocycles. The lowest BCUT2D eigenvalue weighted by Gasteiger charge is -2.13. The van der Waals surface area contributed by atoms with Gasteiger partial charge in [0, 0.05) is 41.5 Å². The van der Waals surface area contributed by atoms with Crippen molar-refractivity contribution in [2.75, 3.05) is 17.2 Å². The van der Waals surface area contributed by atoms with Crippen molar-refractivity contribution in [3.8, 4) is 0 Å². The third-order valence-electron chi connectivity index (χ3n) is 4.34. The molecule has 1 atom stereocenters. The van der Waals surface area contributed by atoms with Gasteiger partial charge in [0.2, 0.25) is 5.95 Å². The number of anilines is 3. The highest BCUT2D eigenvalue weighted by molar-refractivity contribution is 6.30. The first-order chi connectivity index (χ1) is 14.8. The Morgan fingerprint density at radius 1 is 1.16 bits per heavy atom. The van der Waals surface area contributed by atoms with Crippen LogP contribution in [-0.4, -0.2) is 34.2 Å². The van der Waals surface area contributed by atoms with Gasteiger partial charge in [-0.2, -0.15) is 4.98 Å². The van der Waals surface area contributed by atoms with Crippen molar-refractivity contribution in [1.82, 2.24) is 9.97 Å². The van der Waals surface area contributed by atoms with E-state index in [0.717, 1.165) is 5.56 Å². The van der Waals surface area contributed by atoms with Crippen molar-refractivity contribution in [1.29, 1.82) is 0 Å². The third kappa shape index (κ3) is 6.24. The fourth-order valence-electron chi connectivity index (χ4n) is 2.84. The smallest absolute Gasteiger partial charge is 0.254 e. The van der Waals surface area contributed by atoms with Crippen molar-refractivity contribution in [3.05, 3.63) is 76.4 Å². The van der Waals surface area contributed by atoms with Gasteiger partial charge in [-0.3, -0.25) is 9.59 Å². The molecule has 0 radical (unpaired) electrons. The summed E-state index contributed by atoms with van der Waals surface area (Å²) in [6.45, 7) is 2.30. The number of hydrogen-bond acceptors (Lipinski definition) is 7. The third-order valence-corrected chi connectivity index (χ3v) is 4.57. The Morgan fingerprint density at radius 2 is 1.94 bits per heavy atom. The number of rotatable bonds is 9. The van der Waals surface area contributed by atoms with Crippen LogP contribution in [0.15, 0.2) is 54.7 Å². The van der Waals surface area contributed by atoms with Crippen LogP contribution in [0.4, 0.5) is 17.5 Å². The van der Waals surface area contributed by atoms with Crippen molar-refractivity contribution in [2.24, 2.45) is 11.5 Å². The molecule has 1 heterocycles. The van der Waals surface area contributed by atoms with Crippen LogP contribution >= 0.6 is 11.6 Å². The Balaban J connectivity index is 1.81. The van der Waals surface area contributed by atoms with Crippen molar-refractivity contribution >= 4 is 40.7 Å². The number of nitrogens with zero attached hydrogens (tertiary/aromatic N) is 2. The molecule has 0 bridgehead atoms. The molecule has 0 aliphatic carbocycles. The molecule has 0 unspecified atom stereocenters. The van der Waals surface area contributed by atoms with E-state index in [1.165, 1.54) is 6.20 Å². The van der Waals surface area contributed by atoms with Crippen molar-refractivity contribution in [3.63, 3.8) is 0 Å². The first kappa shape index (κ1) is 22.2. The number of hydrogen-bond donors (Lipinski definition) is 4. The molecule has 6 N–H and O–H groups in total. The second-order valence-electron chi connectivity index (χ2n) is 7.11. The number of carbonyl (C=O) groups is 2. The van der Waals surface area contributed by atoms with Gasteiger partial charge in [-0.05, 0) is 36.8 Å². The second kappa shape index (κ2) is 10.0. The van der Waals surface area contributed by atoms with E-state index >= 15 is 0 Å². The fourth-order valence-corrected chi connectivity index (χ4v) is 3.05. The van der Waals surface area contributed by atoms with Gasteiger partial charge in [-0.1, -0.05) is 35.9 Å². The monoisotopic (exact) mass is 438 g/mol. The lowest BCUT2D eigenvalue weighted by molar-refractivity contribution is 0.0987. The summed E-state index contributed by atoms with van der Waals surface area (Å²) < 4.78 is 0. The largest absolute Gasteiger partial charge is 0.365 e. The number of ketones is 1. The van der Waals surface area contributed by atoms with E-state index in [-0.39, 0.29) is 29.6 Å². The molecule has 3 aromatic rings. The normalized spacial score (nSPS) is 11.6. The summed E-state index contributed by atoms with van der Waals surface area (Å²) in [4.78, 5) is 32.9. The number of halogens is 1. The maximum atomic E-state index is 12.7. The summed E-state index contributed by atoms with van der Waals surface area (Å²) in [5.74, 6) is -0.204. The van der Waals surface area contributed by atoms with Crippen LogP contribution in [0, 0.1) is 0 Å². The highest BCUT2D eigenvalue weighted by atomic mass is 35.5. The molecule has 160 valence electrons. The average Bonchev–Trinajstić information content (AvgIpc) is 2.72. The molecule has 8 nitrogen and oxygen atoms in total. The van der Waals surface area contributed by atoms with E-state index in [9.17, 15) is 9.59 Å². The minimum atomic E-state index is -0.672. The van der Waals surface area contributed by atoms with Gasteiger partial charge in [0.15, 0.2) is 5.78 Å². The summed E-state index contributed by atoms with van der Waals surface area (Å²) in [5.41, 5.74) is 13.2. The summed E-state index contributed by atoms with van der Waals surface area (Å²) >= 11 is 6.00. The van der Waals surface area contributed by atoms with Gasteiger partial charge < -0.3 is 22.1 Å². The predicted molar refractivity (Wildman–Crippen MR) is 122 cm³/mol. The molecular formula is C22H23ClN6O2. The summed E-state index contributed by atoms with van der Waals surface area (Å²) in [6, 6.07) is 14.0. The van der Waals surface area contributed by atoms with Gasteiger partial charge in [-0.25, -0.2) is 4.98 Å². The van der Waals surface area contributed by atoms with E-state index in [1.54, 1.807) is 42.5 Å². The number of aromatic nitrogens is 2. The van der Waals surface area contributed by atoms with Crippen LogP contribution in [0.2, 0.25) is 5.02 Å². The van der Waals surface area contributed by atoms with Crippen LogP contribution in [0.3, 0.4) is 0 Å². The number of nitrogens with two attached hydrogens (primary N) is 2. The zero-order chi connectivity index (χ0) is 22.4. The van der Waals surface area contributed by atoms with Gasteiger partial charge in [0.05, 0.1) is 0 Å². The highest BCUT2D eigenvalue weighted by Crippen LogP contribution is 2.22. The first-order valence-corrected chi connectivity index (χ1v) is 10.0. The van der Waals surface area contributed by atoms with Gasteiger partial charge in [0.25, 0.3) is 5.91 Å². The number of Topliss-reactive ketones (excluding diaryl/α,β-unsaturated/α-hetero) is 1. The Hall–Kier alpha value is -3.49. The first-order valence-electron chi connectivity index (χ1n) is 9.63. The molecule has 31 heavy (non-hydrogen) atoms. The average molecular weight is 439 g/mol. The maximum Gasteiger partial charge on any atom is 0.254 e. The molecule has 3 rings (SSSR count). The van der Waals surface area contributed by atoms with E-state index in [2.05, 4.69) is 20.6 Å². The van der Waals surface area contributed by atoms with Gasteiger partial charge in [0.1, 0.15) is 11.4 Å². The molecular weight excluding hydrogens is 416 g/mol. The topological polar surface area (TPSA) is 136 Å².